The average Bonchev–Trinajstić information content (AvgIpc) is 3.58. The fraction of sp³-hybridized carbons (Fsp3) is 0.207. The Hall–Kier alpha value is -6.09. The van der Waals surface area contributed by atoms with Gasteiger partial charge in [0.25, 0.3) is 5.75 Å². The van der Waals surface area contributed by atoms with Crippen molar-refractivity contribution in [2.45, 2.75) is 30.5 Å². The second kappa shape index (κ2) is 12.7. The lowest BCUT2D eigenvalue weighted by atomic mass is 10.00. The third-order valence-corrected chi connectivity index (χ3v) is 8.17. The Kier molecular flexibility index (Phi) is 8.98. The number of amides is 2. The highest BCUT2D eigenvalue weighted by Crippen LogP contribution is 2.40. The lowest BCUT2D eigenvalue weighted by molar-refractivity contribution is -0.709. The lowest BCUT2D eigenvalue weighted by Gasteiger charge is -2.16. The first kappa shape index (κ1) is 35.2. The van der Waals surface area contributed by atoms with Gasteiger partial charge in [-0.2, -0.15) is 13.2 Å². The molecule has 0 N–H and O–H groups in total. The number of hydrogen-bond donors (Lipinski definition) is 0. The van der Waals surface area contributed by atoms with Gasteiger partial charge >= 0.3 is 34.5 Å². The van der Waals surface area contributed by atoms with Crippen LogP contribution in [-0.2, 0) is 35.0 Å². The lowest BCUT2D eigenvalue weighted by Crippen LogP contribution is -2.52. The van der Waals surface area contributed by atoms with Crippen molar-refractivity contribution in [3.8, 4) is 5.75 Å². The predicted molar refractivity (Wildman–Crippen MR) is 157 cm³/mol. The van der Waals surface area contributed by atoms with Crippen LogP contribution in [0.4, 0.5) is 24.5 Å². The molecule has 3 aromatic carbocycles. The van der Waals surface area contributed by atoms with Crippen molar-refractivity contribution in [1.29, 1.82) is 0 Å². The summed E-state index contributed by atoms with van der Waals surface area (Å²) in [6.45, 7) is -0.0653. The Bertz CT molecular complexity index is 2160. The number of alkyl halides is 3. The van der Waals surface area contributed by atoms with E-state index in [0.717, 1.165) is 23.1 Å². The molecule has 4 aromatic rings. The molecule has 50 heavy (non-hydrogen) atoms. The molecule has 21 heteroatoms. The molecule has 6 rings (SSSR count). The van der Waals surface area contributed by atoms with Crippen LogP contribution in [0.15, 0.2) is 66.7 Å². The summed E-state index contributed by atoms with van der Waals surface area (Å²) in [7, 11) is -6.09. The molecule has 0 spiro atoms. The third kappa shape index (κ3) is 6.37. The van der Waals surface area contributed by atoms with Crippen LogP contribution in [0.5, 0.6) is 5.75 Å². The van der Waals surface area contributed by atoms with E-state index in [2.05, 4.69) is 0 Å². The van der Waals surface area contributed by atoms with Crippen LogP contribution in [0.2, 0.25) is 0 Å². The zero-order chi connectivity index (χ0) is 36.8. The van der Waals surface area contributed by atoms with Crippen molar-refractivity contribution in [3.63, 3.8) is 0 Å². The van der Waals surface area contributed by atoms with Crippen LogP contribution in [0.3, 0.4) is 0 Å². The number of nitrogens with zero attached hydrogens (tertiary/aromatic N) is 4. The summed E-state index contributed by atoms with van der Waals surface area (Å²) in [6, 6.07) is 16.0. The second-order valence-corrected chi connectivity index (χ2v) is 11.9. The number of carbonyl (C=O) groups is 4. The molecule has 1 unspecified atom stereocenters. The average molecular weight is 721 g/mol. The van der Waals surface area contributed by atoms with Crippen molar-refractivity contribution in [1.82, 2.24) is 4.90 Å². The second-order valence-electron chi connectivity index (χ2n) is 10.5. The van der Waals surface area contributed by atoms with Gasteiger partial charge in [-0.05, 0) is 18.2 Å². The number of fused-ring (bicyclic) bond motifs is 2. The number of aromatic nitrogens is 1. The monoisotopic (exact) mass is 720 g/mol. The smallest absolute Gasteiger partial charge is 0.485 e. The quantitative estimate of drug-likeness (QED) is 0.0243. The highest BCUT2D eigenvalue weighted by Gasteiger charge is 2.70. The van der Waals surface area contributed by atoms with Gasteiger partial charge in [0.05, 0.1) is 32.6 Å². The molecular formula is C29H19F3N4O13S. The number of esters is 1. The number of hydrogen-bond acceptors (Lipinski definition) is 13. The van der Waals surface area contributed by atoms with Gasteiger partial charge in [0.2, 0.25) is 22.8 Å². The van der Waals surface area contributed by atoms with E-state index in [4.69, 9.17) is 22.4 Å². The number of nitro benzene ring substituents is 2. The number of ether oxygens (including phenoxy) is 2. The van der Waals surface area contributed by atoms with Crippen LogP contribution in [0, 0.1) is 20.2 Å². The Morgan fingerprint density at radius 3 is 1.72 bits per heavy atom. The van der Waals surface area contributed by atoms with Crippen LogP contribution in [0.25, 0.3) is 21.8 Å². The van der Waals surface area contributed by atoms with Gasteiger partial charge in [-0.3, -0.25) is 34.7 Å². The normalized spacial score (nSPS) is 17.3. The van der Waals surface area contributed by atoms with Crippen LogP contribution in [-0.4, -0.2) is 63.5 Å². The summed E-state index contributed by atoms with van der Waals surface area (Å²) in [5.41, 5.74) is -8.14. The number of cyclic esters (lactones) is 1. The largest absolute Gasteiger partial charge is 0.741 e. The summed E-state index contributed by atoms with van der Waals surface area (Å²) in [5.74, 6) is -3.21. The zero-order valence-corrected chi connectivity index (χ0v) is 25.6. The number of carbonyl (C=O) groups excluding carboxylic acids is 4. The zero-order valence-electron chi connectivity index (χ0n) is 24.8. The highest BCUT2D eigenvalue weighted by molar-refractivity contribution is 7.86. The molecule has 17 nitrogen and oxygen atoms in total. The van der Waals surface area contributed by atoms with Crippen molar-refractivity contribution in [2.24, 2.45) is 0 Å². The van der Waals surface area contributed by atoms with E-state index in [9.17, 15) is 52.6 Å². The van der Waals surface area contributed by atoms with E-state index in [1.807, 2.05) is 0 Å². The molecular weight excluding hydrogens is 701 g/mol. The predicted octanol–water partition coefficient (Wildman–Crippen LogP) is 3.12. The van der Waals surface area contributed by atoms with Crippen LogP contribution >= 0.6 is 0 Å². The molecule has 0 bridgehead atoms. The summed E-state index contributed by atoms with van der Waals surface area (Å²) in [6.07, 6.45) is 0.135. The SMILES string of the molecule is O=C(Oc1c([N+](=O)[O-])cccc1[N+](=O)[O-])c1c2ccccc2[n+](C2(CCN3C(=O)CCC3=O)OC2=O)c2ccccc12.O=S(=O)([O-])C(F)(F)F. The van der Waals surface area contributed by atoms with E-state index in [1.54, 1.807) is 53.1 Å². The molecule has 0 aliphatic carbocycles. The minimum atomic E-state index is -6.09. The molecule has 260 valence electrons. The van der Waals surface area contributed by atoms with E-state index in [0.29, 0.717) is 11.0 Å². The highest BCUT2D eigenvalue weighted by atomic mass is 32.2. The Morgan fingerprint density at radius 1 is 0.880 bits per heavy atom. The first-order valence-corrected chi connectivity index (χ1v) is 15.4. The van der Waals surface area contributed by atoms with Gasteiger partial charge in [-0.1, -0.05) is 24.3 Å². The minimum absolute atomic E-state index is 0.0475. The number of imide groups is 1. The fourth-order valence-electron chi connectivity index (χ4n) is 5.36. The maximum Gasteiger partial charge on any atom is 0.485 e. The molecule has 2 amide bonds. The summed E-state index contributed by atoms with van der Waals surface area (Å²) in [4.78, 5) is 73.6. The number of benzene rings is 3. The fourth-order valence-corrected chi connectivity index (χ4v) is 5.36. The van der Waals surface area contributed by atoms with E-state index in [-0.39, 0.29) is 54.0 Å². The molecule has 1 atom stereocenters. The first-order chi connectivity index (χ1) is 23.4. The van der Waals surface area contributed by atoms with Gasteiger partial charge in [0.1, 0.15) is 0 Å². The molecule has 1 aromatic heterocycles. The molecule has 2 aliphatic heterocycles. The standard InChI is InChI=1S/C28H19N4O10.CHF3O3S/c33-22-12-13-23(34)29(22)15-14-28(27(36)42-28)30-18-8-3-1-6-16(18)24(17-7-2-4-9-19(17)30)26(35)41-25-20(31(37)38)10-5-11-21(25)32(39)40;2-1(3,4)8(5,6)7/h1-11H,12-15H2;(H,5,6,7)/q+1;/p-1. The topological polar surface area (TPSA) is 241 Å². The van der Waals surface area contributed by atoms with Crippen LogP contribution in [0.1, 0.15) is 29.6 Å². The number of halogens is 3. The summed E-state index contributed by atoms with van der Waals surface area (Å²) in [5, 5.41) is 23.8. The van der Waals surface area contributed by atoms with Crippen molar-refractivity contribution >= 4 is 67.1 Å². The Morgan fingerprint density at radius 2 is 1.32 bits per heavy atom. The molecule has 0 saturated carbocycles. The van der Waals surface area contributed by atoms with Gasteiger partial charge in [0.15, 0.2) is 10.1 Å². The number of para-hydroxylation sites is 3. The van der Waals surface area contributed by atoms with Gasteiger partial charge in [-0.25, -0.2) is 18.0 Å². The van der Waals surface area contributed by atoms with E-state index < -0.39 is 60.3 Å². The van der Waals surface area contributed by atoms with Gasteiger partial charge in [0, 0.05) is 43.7 Å². The molecule has 0 radical (unpaired) electrons. The Balaban J connectivity index is 0.000000544. The number of rotatable bonds is 8. The number of likely N-dealkylation sites (tertiary alicyclic amines) is 1. The third-order valence-electron chi connectivity index (χ3n) is 7.61. The van der Waals surface area contributed by atoms with E-state index >= 15 is 0 Å². The molecule has 2 saturated heterocycles. The van der Waals surface area contributed by atoms with E-state index in [1.165, 1.54) is 0 Å². The summed E-state index contributed by atoms with van der Waals surface area (Å²) >= 11 is 0. The Labute approximate surface area is 276 Å². The van der Waals surface area contributed by atoms with Crippen molar-refractivity contribution < 1.29 is 69.2 Å². The number of nitro groups is 2. The summed E-state index contributed by atoms with van der Waals surface area (Å²) < 4.78 is 71.4. The number of pyridine rings is 1. The first-order valence-electron chi connectivity index (χ1n) is 14.0. The molecule has 2 aliphatic rings. The molecule has 3 heterocycles. The van der Waals surface area contributed by atoms with Gasteiger partial charge in [-0.15, -0.1) is 4.57 Å². The minimum Gasteiger partial charge on any atom is -0.741 e. The molecule has 2 fully saturated rings. The van der Waals surface area contributed by atoms with Crippen LogP contribution < -0.4 is 9.30 Å². The maximum absolute atomic E-state index is 13.7. The maximum atomic E-state index is 13.7. The van der Waals surface area contributed by atoms with Crippen molar-refractivity contribution in [2.75, 3.05) is 6.54 Å². The van der Waals surface area contributed by atoms with Gasteiger partial charge < -0.3 is 14.0 Å². The van der Waals surface area contributed by atoms with Crippen molar-refractivity contribution in [3.05, 3.63) is 92.5 Å². The number of epoxide rings is 1.